The van der Waals surface area contributed by atoms with Gasteiger partial charge in [0.15, 0.2) is 0 Å². The van der Waals surface area contributed by atoms with Crippen molar-refractivity contribution in [1.29, 1.82) is 0 Å². The number of ether oxygens (including phenoxy) is 1. The fourth-order valence-electron chi connectivity index (χ4n) is 1.72. The van der Waals surface area contributed by atoms with Gasteiger partial charge in [-0.3, -0.25) is 4.57 Å². The number of imidazole rings is 1. The van der Waals surface area contributed by atoms with Crippen LogP contribution < -0.4 is 10.1 Å². The van der Waals surface area contributed by atoms with Crippen molar-refractivity contribution in [3.8, 4) is 11.4 Å². The van der Waals surface area contributed by atoms with Gasteiger partial charge in [-0.25, -0.2) is 4.98 Å². The molecule has 2 aromatic rings. The molecule has 0 aliphatic carbocycles. The molecule has 0 radical (unpaired) electrons. The van der Waals surface area contributed by atoms with Crippen LogP contribution in [0.5, 0.6) is 5.75 Å². The lowest BCUT2D eigenvalue weighted by Crippen LogP contribution is -2.07. The van der Waals surface area contributed by atoms with Crippen molar-refractivity contribution in [2.45, 2.75) is 13.3 Å². The molecule has 19 heavy (non-hydrogen) atoms. The number of hydrogen-bond donors (Lipinski definition) is 1. The molecule has 1 heterocycles. The third-order valence-corrected chi connectivity index (χ3v) is 3.91. The Balaban J connectivity index is 2.44. The molecule has 1 aromatic carbocycles. The van der Waals surface area contributed by atoms with Gasteiger partial charge in [0.2, 0.25) is 5.95 Å². The van der Waals surface area contributed by atoms with E-state index < -0.39 is 0 Å². The molecule has 0 aliphatic heterocycles. The van der Waals surface area contributed by atoms with Crippen molar-refractivity contribution in [2.75, 3.05) is 19.0 Å². The molecular formula is C13H15Br2N3O. The third-order valence-electron chi connectivity index (χ3n) is 2.65. The number of benzene rings is 1. The molecule has 0 bridgehead atoms. The van der Waals surface area contributed by atoms with Crippen LogP contribution in [-0.4, -0.2) is 23.2 Å². The van der Waals surface area contributed by atoms with Gasteiger partial charge in [0.1, 0.15) is 5.75 Å². The highest BCUT2D eigenvalue weighted by Crippen LogP contribution is 2.34. The van der Waals surface area contributed by atoms with Gasteiger partial charge in [0.05, 0.1) is 17.3 Å². The van der Waals surface area contributed by atoms with Gasteiger partial charge in [-0.1, -0.05) is 6.92 Å². The smallest absolute Gasteiger partial charge is 0.207 e. The summed E-state index contributed by atoms with van der Waals surface area (Å²) < 4.78 is 9.21. The van der Waals surface area contributed by atoms with E-state index in [1.165, 1.54) is 0 Å². The Morgan fingerprint density at radius 3 is 2.79 bits per heavy atom. The van der Waals surface area contributed by atoms with Crippen molar-refractivity contribution in [3.05, 3.63) is 33.5 Å². The average molecular weight is 389 g/mol. The van der Waals surface area contributed by atoms with Gasteiger partial charge in [-0.05, 0) is 44.3 Å². The third kappa shape index (κ3) is 3.12. The quantitative estimate of drug-likeness (QED) is 0.832. The minimum absolute atomic E-state index is 0.786. The number of rotatable bonds is 5. The summed E-state index contributed by atoms with van der Waals surface area (Å²) in [4.78, 5) is 4.33. The summed E-state index contributed by atoms with van der Waals surface area (Å²) >= 11 is 7.04. The molecule has 102 valence electrons. The molecule has 1 aromatic heterocycles. The van der Waals surface area contributed by atoms with Crippen LogP contribution in [0.15, 0.2) is 33.5 Å². The maximum Gasteiger partial charge on any atom is 0.207 e. The Hall–Kier alpha value is -1.01. The molecule has 4 nitrogen and oxygen atoms in total. The van der Waals surface area contributed by atoms with Crippen LogP contribution in [0.3, 0.4) is 0 Å². The zero-order valence-electron chi connectivity index (χ0n) is 10.8. The predicted molar refractivity (Wildman–Crippen MR) is 84.3 cm³/mol. The van der Waals surface area contributed by atoms with E-state index in [2.05, 4.69) is 49.1 Å². The molecule has 0 spiro atoms. The summed E-state index contributed by atoms with van der Waals surface area (Å²) in [6, 6.07) is 3.94. The molecule has 1 N–H and O–H groups in total. The molecular weight excluding hydrogens is 374 g/mol. The highest BCUT2D eigenvalue weighted by molar-refractivity contribution is 9.11. The van der Waals surface area contributed by atoms with Crippen molar-refractivity contribution >= 4 is 37.8 Å². The van der Waals surface area contributed by atoms with Gasteiger partial charge in [0.25, 0.3) is 0 Å². The minimum Gasteiger partial charge on any atom is -0.495 e. The number of anilines is 1. The summed E-state index contributed by atoms with van der Waals surface area (Å²) in [5, 5.41) is 3.30. The van der Waals surface area contributed by atoms with Crippen molar-refractivity contribution in [3.63, 3.8) is 0 Å². The van der Waals surface area contributed by atoms with E-state index in [0.29, 0.717) is 0 Å². The zero-order chi connectivity index (χ0) is 13.8. The number of hydrogen-bond acceptors (Lipinski definition) is 3. The normalized spacial score (nSPS) is 10.5. The molecule has 0 unspecified atom stereocenters. The fraction of sp³-hybridized carbons (Fsp3) is 0.308. The maximum absolute atomic E-state index is 5.34. The van der Waals surface area contributed by atoms with Crippen LogP contribution in [0.2, 0.25) is 0 Å². The maximum atomic E-state index is 5.34. The number of halogens is 2. The molecule has 0 saturated heterocycles. The first kappa shape index (κ1) is 14.4. The summed E-state index contributed by atoms with van der Waals surface area (Å²) in [6.45, 7) is 3.02. The van der Waals surface area contributed by atoms with Crippen LogP contribution >= 0.6 is 31.9 Å². The first-order valence-electron chi connectivity index (χ1n) is 5.98. The monoisotopic (exact) mass is 387 g/mol. The van der Waals surface area contributed by atoms with Gasteiger partial charge in [0, 0.05) is 29.5 Å². The second-order valence-corrected chi connectivity index (χ2v) is 5.69. The molecule has 2 rings (SSSR count). The first-order chi connectivity index (χ1) is 9.17. The van der Waals surface area contributed by atoms with Crippen LogP contribution in [0.4, 0.5) is 5.95 Å². The van der Waals surface area contributed by atoms with Crippen molar-refractivity contribution in [2.24, 2.45) is 0 Å². The van der Waals surface area contributed by atoms with Crippen molar-refractivity contribution < 1.29 is 4.74 Å². The molecule has 0 saturated carbocycles. The SMILES string of the molecule is CCCNc1nccn1-c1cc(OC)c(Br)cc1Br. The zero-order valence-corrected chi connectivity index (χ0v) is 14.0. The lowest BCUT2D eigenvalue weighted by atomic mass is 10.3. The first-order valence-corrected chi connectivity index (χ1v) is 7.56. The number of nitrogens with one attached hydrogen (secondary N) is 1. The molecule has 0 atom stereocenters. The number of methoxy groups -OCH3 is 1. The minimum atomic E-state index is 0.786. The van der Waals surface area contributed by atoms with Gasteiger partial charge < -0.3 is 10.1 Å². The molecule has 0 amide bonds. The van der Waals surface area contributed by atoms with E-state index in [4.69, 9.17) is 4.74 Å². The predicted octanol–water partition coefficient (Wildman–Crippen LogP) is 4.23. The van der Waals surface area contributed by atoms with E-state index in [1.807, 2.05) is 22.9 Å². The molecule has 0 fully saturated rings. The van der Waals surface area contributed by atoms with Gasteiger partial charge in [-0.2, -0.15) is 0 Å². The highest BCUT2D eigenvalue weighted by Gasteiger charge is 2.11. The van der Waals surface area contributed by atoms with Crippen LogP contribution in [-0.2, 0) is 0 Å². The van der Waals surface area contributed by atoms with E-state index in [-0.39, 0.29) is 0 Å². The Morgan fingerprint density at radius 2 is 2.11 bits per heavy atom. The van der Waals surface area contributed by atoms with E-state index in [9.17, 15) is 0 Å². The van der Waals surface area contributed by atoms with E-state index in [0.717, 1.165) is 39.3 Å². The van der Waals surface area contributed by atoms with Crippen LogP contribution in [0.25, 0.3) is 5.69 Å². The Kier molecular flexibility index (Phi) is 4.87. The summed E-state index contributed by atoms with van der Waals surface area (Å²) in [7, 11) is 1.65. The standard InChI is InChI=1S/C13H15Br2N3O/c1-3-4-16-13-17-5-6-18(13)11-8-12(19-2)10(15)7-9(11)14/h5-8H,3-4H2,1-2H3,(H,16,17). The van der Waals surface area contributed by atoms with E-state index >= 15 is 0 Å². The summed E-state index contributed by atoms with van der Waals surface area (Å²) in [5.41, 5.74) is 0.983. The number of nitrogens with zero attached hydrogens (tertiary/aromatic N) is 2. The highest BCUT2D eigenvalue weighted by atomic mass is 79.9. The lowest BCUT2D eigenvalue weighted by Gasteiger charge is -2.13. The summed E-state index contributed by atoms with van der Waals surface area (Å²) in [6.07, 6.45) is 4.75. The van der Waals surface area contributed by atoms with Crippen LogP contribution in [0.1, 0.15) is 13.3 Å². The Morgan fingerprint density at radius 1 is 1.32 bits per heavy atom. The second kappa shape index (κ2) is 6.43. The lowest BCUT2D eigenvalue weighted by molar-refractivity contribution is 0.412. The Labute approximate surface area is 129 Å². The van der Waals surface area contributed by atoms with Gasteiger partial charge >= 0.3 is 0 Å². The topological polar surface area (TPSA) is 39.1 Å². The largest absolute Gasteiger partial charge is 0.495 e. The fourth-order valence-corrected chi connectivity index (χ4v) is 3.07. The summed E-state index contributed by atoms with van der Waals surface area (Å²) in [5.74, 6) is 1.61. The second-order valence-electron chi connectivity index (χ2n) is 3.99. The average Bonchev–Trinajstić information content (AvgIpc) is 2.84. The van der Waals surface area contributed by atoms with E-state index in [1.54, 1.807) is 13.3 Å². The van der Waals surface area contributed by atoms with Crippen LogP contribution in [0, 0.1) is 0 Å². The number of aromatic nitrogens is 2. The van der Waals surface area contributed by atoms with Gasteiger partial charge in [-0.15, -0.1) is 0 Å². The molecule has 0 aliphatic rings. The van der Waals surface area contributed by atoms with Crippen molar-refractivity contribution in [1.82, 2.24) is 9.55 Å². The Bertz CT molecular complexity index is 569. The molecule has 6 heteroatoms.